The van der Waals surface area contributed by atoms with Crippen LogP contribution in [-0.4, -0.2) is 7.85 Å². The molecule has 0 amide bonds. The van der Waals surface area contributed by atoms with Crippen LogP contribution in [0.5, 0.6) is 0 Å². The molecule has 1 aromatic carbocycles. The van der Waals surface area contributed by atoms with Crippen molar-refractivity contribution in [2.24, 2.45) is 0 Å². The van der Waals surface area contributed by atoms with E-state index in [1.165, 1.54) is 22.2 Å². The monoisotopic (exact) mass is 204 g/mol. The summed E-state index contributed by atoms with van der Waals surface area (Å²) in [6.45, 7) is 6.46. The van der Waals surface area contributed by atoms with Crippen LogP contribution in [0.25, 0.3) is 0 Å². The van der Waals surface area contributed by atoms with Crippen molar-refractivity contribution in [3.8, 4) is 0 Å². The van der Waals surface area contributed by atoms with Crippen molar-refractivity contribution in [3.05, 3.63) is 28.8 Å². The molecule has 12 heavy (non-hydrogen) atoms. The quantitative estimate of drug-likeness (QED) is 0.565. The summed E-state index contributed by atoms with van der Waals surface area (Å²) >= 11 is 0. The van der Waals surface area contributed by atoms with E-state index in [2.05, 4.69) is 40.8 Å². The number of benzene rings is 1. The van der Waals surface area contributed by atoms with E-state index in [9.17, 15) is 0 Å². The Labute approximate surface area is 88.0 Å². The molecular weight excluding hydrogens is 190 g/mol. The van der Waals surface area contributed by atoms with E-state index in [0.717, 1.165) is 0 Å². The molecule has 0 aliphatic carbocycles. The molecule has 0 spiro atoms. The summed E-state index contributed by atoms with van der Waals surface area (Å²) in [5.74, 6) is 0. The molecule has 1 rings (SSSR count). The molecule has 0 unspecified atom stereocenters. The van der Waals surface area contributed by atoms with E-state index in [0.29, 0.717) is 0 Å². The highest BCUT2D eigenvalue weighted by atomic mass is 35.5. The normalized spacial score (nSPS) is 8.25. The minimum Gasteiger partial charge on any atom is -0.147 e. The van der Waals surface area contributed by atoms with Crippen molar-refractivity contribution >= 4 is 38.1 Å². The van der Waals surface area contributed by atoms with Crippen LogP contribution >= 0.6 is 24.8 Å². The Hall–Kier alpha value is -0.135. The fraction of sp³-hybridized carbons (Fsp3) is 0.333. The van der Waals surface area contributed by atoms with Crippen LogP contribution in [0.15, 0.2) is 12.1 Å². The average molecular weight is 205 g/mol. The first kappa shape index (κ1) is 14.4. The van der Waals surface area contributed by atoms with Gasteiger partial charge in [0, 0.05) is 0 Å². The Morgan fingerprint density at radius 1 is 0.917 bits per heavy atom. The SMILES string of the molecule is Bc1c(C)cc(C)cc1C.Cl.Cl. The first-order valence-electron chi connectivity index (χ1n) is 3.65. The predicted molar refractivity (Wildman–Crippen MR) is 63.3 cm³/mol. The molecule has 0 aliphatic rings. The molecule has 0 aromatic heterocycles. The van der Waals surface area contributed by atoms with Crippen molar-refractivity contribution in [3.63, 3.8) is 0 Å². The van der Waals surface area contributed by atoms with Gasteiger partial charge in [-0.25, -0.2) is 0 Å². The lowest BCUT2D eigenvalue weighted by atomic mass is 9.86. The van der Waals surface area contributed by atoms with Gasteiger partial charge in [-0.3, -0.25) is 0 Å². The second-order valence-corrected chi connectivity index (χ2v) is 3.02. The summed E-state index contributed by atoms with van der Waals surface area (Å²) in [6, 6.07) is 4.45. The maximum Gasteiger partial charge on any atom is 0.139 e. The molecule has 0 radical (unpaired) electrons. The Bertz CT molecular complexity index is 236. The fourth-order valence-corrected chi connectivity index (χ4v) is 1.25. The summed E-state index contributed by atoms with van der Waals surface area (Å²) in [4.78, 5) is 0. The van der Waals surface area contributed by atoms with Gasteiger partial charge < -0.3 is 0 Å². The summed E-state index contributed by atoms with van der Waals surface area (Å²) < 4.78 is 0. The van der Waals surface area contributed by atoms with Gasteiger partial charge in [-0.2, -0.15) is 0 Å². The Morgan fingerprint density at radius 2 is 1.25 bits per heavy atom. The van der Waals surface area contributed by atoms with Crippen LogP contribution in [0.1, 0.15) is 16.7 Å². The van der Waals surface area contributed by atoms with Crippen molar-refractivity contribution in [2.75, 3.05) is 0 Å². The Balaban J connectivity index is 0. The molecule has 0 atom stereocenters. The van der Waals surface area contributed by atoms with E-state index in [-0.39, 0.29) is 24.8 Å². The second kappa shape index (κ2) is 5.50. The van der Waals surface area contributed by atoms with E-state index >= 15 is 0 Å². The van der Waals surface area contributed by atoms with Crippen LogP contribution < -0.4 is 5.46 Å². The molecule has 0 saturated heterocycles. The lowest BCUT2D eigenvalue weighted by Gasteiger charge is -2.05. The van der Waals surface area contributed by atoms with Gasteiger partial charge in [0.05, 0.1) is 0 Å². The van der Waals surface area contributed by atoms with Crippen LogP contribution in [0, 0.1) is 20.8 Å². The van der Waals surface area contributed by atoms with Gasteiger partial charge >= 0.3 is 0 Å². The third-order valence-corrected chi connectivity index (χ3v) is 2.07. The molecule has 0 bridgehead atoms. The van der Waals surface area contributed by atoms with Gasteiger partial charge in [-0.1, -0.05) is 34.3 Å². The average Bonchev–Trinajstić information content (AvgIpc) is 1.82. The van der Waals surface area contributed by atoms with Crippen LogP contribution in [0.2, 0.25) is 0 Å². The number of hydrogen-bond acceptors (Lipinski definition) is 0. The minimum absolute atomic E-state index is 0. The highest BCUT2D eigenvalue weighted by Crippen LogP contribution is 2.03. The highest BCUT2D eigenvalue weighted by molar-refractivity contribution is 6.34. The number of hydrogen-bond donors (Lipinski definition) is 0. The van der Waals surface area contributed by atoms with Gasteiger partial charge in [-0.05, 0) is 20.8 Å². The first-order valence-corrected chi connectivity index (χ1v) is 3.65. The van der Waals surface area contributed by atoms with Gasteiger partial charge in [0.15, 0.2) is 0 Å². The topological polar surface area (TPSA) is 0 Å². The number of halogens is 2. The molecular formula is C9H15BCl2. The molecule has 0 nitrogen and oxygen atoms in total. The third-order valence-electron chi connectivity index (χ3n) is 2.07. The Kier molecular flexibility index (Phi) is 6.60. The molecule has 0 fully saturated rings. The third kappa shape index (κ3) is 3.08. The molecule has 0 N–H and O–H groups in total. The van der Waals surface area contributed by atoms with Crippen molar-refractivity contribution < 1.29 is 0 Å². The first-order chi connectivity index (χ1) is 4.61. The minimum atomic E-state index is 0. The Morgan fingerprint density at radius 3 is 1.58 bits per heavy atom. The van der Waals surface area contributed by atoms with Crippen LogP contribution in [-0.2, 0) is 0 Å². The summed E-state index contributed by atoms with van der Waals surface area (Å²) in [5, 5.41) is 0. The van der Waals surface area contributed by atoms with E-state index in [1.54, 1.807) is 0 Å². The lowest BCUT2D eigenvalue weighted by Crippen LogP contribution is -2.11. The standard InChI is InChI=1S/C9H13B.2ClH/c1-6-4-7(2)9(10)8(3)5-6;;/h4-5H,10H2,1-3H3;2*1H. The lowest BCUT2D eigenvalue weighted by molar-refractivity contribution is 1.35. The highest BCUT2D eigenvalue weighted by Gasteiger charge is 1.95. The van der Waals surface area contributed by atoms with Crippen LogP contribution in [0.3, 0.4) is 0 Å². The molecule has 1 aromatic rings. The molecule has 0 aliphatic heterocycles. The van der Waals surface area contributed by atoms with Gasteiger partial charge in [0.25, 0.3) is 0 Å². The van der Waals surface area contributed by atoms with E-state index < -0.39 is 0 Å². The largest absolute Gasteiger partial charge is 0.147 e. The zero-order valence-corrected chi connectivity index (χ0v) is 9.60. The van der Waals surface area contributed by atoms with Crippen molar-refractivity contribution in [2.45, 2.75) is 20.8 Å². The van der Waals surface area contributed by atoms with Gasteiger partial charge in [-0.15, -0.1) is 24.8 Å². The number of aryl methyl sites for hydroxylation is 3. The van der Waals surface area contributed by atoms with Gasteiger partial charge in [0.1, 0.15) is 7.85 Å². The predicted octanol–water partition coefficient (Wildman–Crippen LogP) is 1.71. The van der Waals surface area contributed by atoms with Gasteiger partial charge in [0.2, 0.25) is 0 Å². The smallest absolute Gasteiger partial charge is 0.139 e. The summed E-state index contributed by atoms with van der Waals surface area (Å²) in [7, 11) is 2.17. The molecule has 3 heteroatoms. The van der Waals surface area contributed by atoms with E-state index in [1.807, 2.05) is 0 Å². The fourth-order valence-electron chi connectivity index (χ4n) is 1.25. The maximum atomic E-state index is 2.22. The molecule has 0 heterocycles. The zero-order valence-electron chi connectivity index (χ0n) is 7.97. The van der Waals surface area contributed by atoms with Crippen molar-refractivity contribution in [1.29, 1.82) is 0 Å². The summed E-state index contributed by atoms with van der Waals surface area (Å²) in [6.07, 6.45) is 0. The van der Waals surface area contributed by atoms with E-state index in [4.69, 9.17) is 0 Å². The number of rotatable bonds is 0. The molecule has 68 valence electrons. The molecule has 0 saturated carbocycles. The zero-order chi connectivity index (χ0) is 7.72. The maximum absolute atomic E-state index is 2.22. The van der Waals surface area contributed by atoms with Crippen molar-refractivity contribution in [1.82, 2.24) is 0 Å². The van der Waals surface area contributed by atoms with Crippen LogP contribution in [0.4, 0.5) is 0 Å². The second-order valence-electron chi connectivity index (χ2n) is 3.02. The summed E-state index contributed by atoms with van der Waals surface area (Å²) in [5.41, 5.74) is 5.58.